The van der Waals surface area contributed by atoms with E-state index >= 15 is 8.78 Å². The number of hydrogen-bond donors (Lipinski definition) is 2. The molecule has 1 unspecified atom stereocenters. The maximum absolute atomic E-state index is 16.1. The van der Waals surface area contributed by atoms with E-state index in [1.165, 1.54) is 49.2 Å². The Kier molecular flexibility index (Phi) is 8.87. The Morgan fingerprint density at radius 2 is 1.81 bits per heavy atom. The first kappa shape index (κ1) is 38.3. The molecule has 6 aromatic rings. The maximum Gasteiger partial charge on any atom is 0.293 e. The number of aryl methyl sites for hydroxylation is 1. The highest BCUT2D eigenvalue weighted by Gasteiger charge is 2.67. The van der Waals surface area contributed by atoms with Crippen molar-refractivity contribution < 1.29 is 44.3 Å². The molecular formula is C36H29ClF6N8O5S. The summed E-state index contributed by atoms with van der Waals surface area (Å²) in [7, 11) is -1.19. The number of carbonyl (C=O) groups excluding carboxylic acids is 1. The van der Waals surface area contributed by atoms with Gasteiger partial charge in [0.15, 0.2) is 5.82 Å². The van der Waals surface area contributed by atoms with E-state index in [-0.39, 0.29) is 56.1 Å². The second-order valence-corrected chi connectivity index (χ2v) is 16.2. The van der Waals surface area contributed by atoms with Gasteiger partial charge in [-0.25, -0.2) is 35.6 Å². The zero-order valence-electron chi connectivity index (χ0n) is 29.8. The van der Waals surface area contributed by atoms with Gasteiger partial charge >= 0.3 is 0 Å². The summed E-state index contributed by atoms with van der Waals surface area (Å²) in [6.45, 7) is 0. The quantitative estimate of drug-likeness (QED) is 0.150. The summed E-state index contributed by atoms with van der Waals surface area (Å²) in [5.74, 6) is -11.7. The monoisotopic (exact) mass is 834 g/mol. The molecule has 0 aliphatic heterocycles. The molecule has 0 spiro atoms. The lowest BCUT2D eigenvalue weighted by Gasteiger charge is -2.30. The van der Waals surface area contributed by atoms with Gasteiger partial charge < -0.3 is 10.5 Å². The number of nitrogens with one attached hydrogen (secondary N) is 1. The van der Waals surface area contributed by atoms with Crippen LogP contribution in [0.1, 0.15) is 59.1 Å². The molecule has 1 saturated carbocycles. The Labute approximate surface area is 323 Å². The van der Waals surface area contributed by atoms with E-state index in [4.69, 9.17) is 27.1 Å². The summed E-state index contributed by atoms with van der Waals surface area (Å²) in [6, 6.07) is 7.08. The molecule has 21 heteroatoms. The SMILES string of the molecule is COc1ccc2nc([C@@H](Cc3cc(F)cc(F)c3)C(C(N)=O)n3nc(C(F)F)c4c3C(F)(F)[C@@H]3C[C@H]43)n(-c3ccc(Cl)c4c(NS(C)(=O)=O)nn(C)c34)c(=O)c2c1. The second kappa shape index (κ2) is 13.2. The number of benzene rings is 3. The van der Waals surface area contributed by atoms with E-state index in [2.05, 4.69) is 14.9 Å². The number of alkyl halides is 4. The average molecular weight is 835 g/mol. The van der Waals surface area contributed by atoms with Crippen LogP contribution >= 0.6 is 11.6 Å². The van der Waals surface area contributed by atoms with Gasteiger partial charge in [0, 0.05) is 24.6 Å². The largest absolute Gasteiger partial charge is 0.497 e. The van der Waals surface area contributed by atoms with Crippen molar-refractivity contribution in [2.45, 2.75) is 43.1 Å². The Hall–Kier alpha value is -5.63. The van der Waals surface area contributed by atoms with Crippen molar-refractivity contribution in [1.82, 2.24) is 29.1 Å². The number of primary amides is 1. The third-order valence-electron chi connectivity index (χ3n) is 10.3. The molecular weight excluding hydrogens is 806 g/mol. The molecule has 2 aliphatic rings. The van der Waals surface area contributed by atoms with Crippen molar-refractivity contribution in [2.75, 3.05) is 18.1 Å². The summed E-state index contributed by atoms with van der Waals surface area (Å²) in [4.78, 5) is 33.5. The van der Waals surface area contributed by atoms with Crippen molar-refractivity contribution in [3.8, 4) is 11.4 Å². The number of halogens is 7. The van der Waals surface area contributed by atoms with Gasteiger partial charge in [-0.1, -0.05) is 11.6 Å². The van der Waals surface area contributed by atoms with Gasteiger partial charge in [0.2, 0.25) is 15.9 Å². The summed E-state index contributed by atoms with van der Waals surface area (Å²) in [6.07, 6.45) is -3.21. The van der Waals surface area contributed by atoms with Crippen molar-refractivity contribution in [2.24, 2.45) is 18.7 Å². The number of nitrogens with two attached hydrogens (primary N) is 1. The predicted molar refractivity (Wildman–Crippen MR) is 195 cm³/mol. The number of sulfonamides is 1. The fraction of sp³-hybridized carbons (Fsp3) is 0.306. The number of ether oxygens (including phenoxy) is 1. The van der Waals surface area contributed by atoms with E-state index in [0.717, 1.165) is 23.0 Å². The molecule has 3 aromatic carbocycles. The minimum atomic E-state index is -3.94. The summed E-state index contributed by atoms with van der Waals surface area (Å²) >= 11 is 6.59. The van der Waals surface area contributed by atoms with Crippen LogP contribution in [-0.4, -0.2) is 56.8 Å². The number of amides is 1. The van der Waals surface area contributed by atoms with Crippen LogP contribution < -0.4 is 20.8 Å². The van der Waals surface area contributed by atoms with E-state index in [1.54, 1.807) is 0 Å². The fourth-order valence-corrected chi connectivity index (χ4v) is 8.74. The van der Waals surface area contributed by atoms with Gasteiger partial charge in [-0.05, 0) is 66.8 Å². The zero-order valence-corrected chi connectivity index (χ0v) is 31.3. The molecule has 13 nitrogen and oxygen atoms in total. The standard InChI is InChI=1S/C36H29ClF6N8O5S/c1-49-29-24(7-5-22(37)26(29)33(47-49)48-57(3,54)55)50-34(45-23-6-4-17(56-2)12-19(23)35(50)53)20(10-14-8-15(38)11-16(39)9-14)28(32(44)52)51-30-25(27(46-51)31(40)41)18-13-21(18)36(30,42)43/h4-9,11-12,18,20-21,28,31H,10,13H2,1-3H3,(H2,44,52)(H,47,48)/t18-,20-,21+,28?/m0/s1. The molecule has 8 rings (SSSR count). The van der Waals surface area contributed by atoms with Crippen LogP contribution in [0.4, 0.5) is 32.2 Å². The van der Waals surface area contributed by atoms with Gasteiger partial charge in [-0.3, -0.25) is 23.6 Å². The average Bonchev–Trinajstić information content (AvgIpc) is 3.65. The Morgan fingerprint density at radius 3 is 2.44 bits per heavy atom. The summed E-state index contributed by atoms with van der Waals surface area (Å²) in [5.41, 5.74) is 2.53. The molecule has 0 saturated heterocycles. The van der Waals surface area contributed by atoms with Gasteiger partial charge in [-0.2, -0.15) is 19.0 Å². The maximum atomic E-state index is 16.1. The number of aromatic nitrogens is 6. The molecule has 4 atom stereocenters. The minimum absolute atomic E-state index is 0.00576. The van der Waals surface area contributed by atoms with Crippen molar-refractivity contribution in [3.05, 3.63) is 104 Å². The van der Waals surface area contributed by atoms with E-state index in [1.807, 2.05) is 0 Å². The summed E-state index contributed by atoms with van der Waals surface area (Å²) in [5, 5.41) is 8.05. The van der Waals surface area contributed by atoms with Crippen molar-refractivity contribution >= 4 is 55.2 Å². The molecule has 298 valence electrons. The first-order chi connectivity index (χ1) is 26.8. The molecule has 0 bridgehead atoms. The van der Waals surface area contributed by atoms with Crippen LogP contribution in [0.2, 0.25) is 5.02 Å². The number of rotatable bonds is 11. The minimum Gasteiger partial charge on any atom is -0.497 e. The highest BCUT2D eigenvalue weighted by molar-refractivity contribution is 7.92. The Balaban J connectivity index is 1.49. The van der Waals surface area contributed by atoms with E-state index < -0.39 is 98.5 Å². The predicted octanol–water partition coefficient (Wildman–Crippen LogP) is 5.98. The van der Waals surface area contributed by atoms with Crippen LogP contribution in [0.25, 0.3) is 27.5 Å². The number of carbonyl (C=O) groups is 1. The van der Waals surface area contributed by atoms with Crippen LogP contribution in [0, 0.1) is 17.6 Å². The number of methoxy groups -OCH3 is 1. The third kappa shape index (κ3) is 6.25. The van der Waals surface area contributed by atoms with Crippen molar-refractivity contribution in [1.29, 1.82) is 0 Å². The highest BCUT2D eigenvalue weighted by atomic mass is 35.5. The zero-order chi connectivity index (χ0) is 41.0. The lowest BCUT2D eigenvalue weighted by Crippen LogP contribution is -2.39. The smallest absolute Gasteiger partial charge is 0.293 e. The molecule has 3 aromatic heterocycles. The third-order valence-corrected chi connectivity index (χ3v) is 11.2. The lowest BCUT2D eigenvalue weighted by molar-refractivity contribution is -0.122. The molecule has 1 amide bonds. The van der Waals surface area contributed by atoms with Crippen LogP contribution in [0.15, 0.2) is 53.3 Å². The molecule has 3 N–H and O–H groups in total. The van der Waals surface area contributed by atoms with Crippen molar-refractivity contribution in [3.63, 3.8) is 0 Å². The van der Waals surface area contributed by atoms with Crippen LogP contribution in [-0.2, 0) is 34.2 Å². The van der Waals surface area contributed by atoms with Gasteiger partial charge in [-0.15, -0.1) is 0 Å². The number of fused-ring (bicyclic) bond motifs is 5. The molecule has 57 heavy (non-hydrogen) atoms. The number of nitrogens with zero attached hydrogens (tertiary/aromatic N) is 6. The van der Waals surface area contributed by atoms with Gasteiger partial charge in [0.25, 0.3) is 17.9 Å². The molecule has 1 fully saturated rings. The van der Waals surface area contributed by atoms with Crippen LogP contribution in [0.5, 0.6) is 5.75 Å². The second-order valence-electron chi connectivity index (χ2n) is 14.0. The highest BCUT2D eigenvalue weighted by Crippen LogP contribution is 2.68. The van der Waals surface area contributed by atoms with Crippen LogP contribution in [0.3, 0.4) is 0 Å². The Bertz CT molecular complexity index is 2840. The lowest BCUT2D eigenvalue weighted by atomic mass is 9.89. The first-order valence-corrected chi connectivity index (χ1v) is 19.3. The first-order valence-electron chi connectivity index (χ1n) is 17.1. The van der Waals surface area contributed by atoms with E-state index in [0.29, 0.717) is 10.7 Å². The van der Waals surface area contributed by atoms with Gasteiger partial charge in [0.05, 0.1) is 51.8 Å². The van der Waals surface area contributed by atoms with Gasteiger partial charge in [0.1, 0.15) is 40.6 Å². The molecule has 2 aliphatic carbocycles. The van der Waals surface area contributed by atoms with E-state index in [9.17, 15) is 35.6 Å². The number of hydrogen-bond acceptors (Lipinski definition) is 8. The molecule has 3 heterocycles. The normalized spacial score (nSPS) is 18.2. The fourth-order valence-electron chi connectivity index (χ4n) is 8.01. The number of anilines is 1. The Morgan fingerprint density at radius 1 is 1.11 bits per heavy atom. The topological polar surface area (TPSA) is 169 Å². The summed E-state index contributed by atoms with van der Waals surface area (Å²) < 4.78 is 126. The molecule has 0 radical (unpaired) electrons.